The summed E-state index contributed by atoms with van der Waals surface area (Å²) in [6.45, 7) is -1.69. The molecule has 2 rings (SSSR count). The highest BCUT2D eigenvalue weighted by Crippen LogP contribution is 2.29. The lowest BCUT2D eigenvalue weighted by atomic mass is 10.1. The van der Waals surface area contributed by atoms with Crippen molar-refractivity contribution in [2.24, 2.45) is 0 Å². The number of carbonyl (C=O) groups is 4. The van der Waals surface area contributed by atoms with E-state index in [2.05, 4.69) is 0 Å². The lowest BCUT2D eigenvalue weighted by Gasteiger charge is -2.17. The van der Waals surface area contributed by atoms with E-state index in [4.69, 9.17) is 24.9 Å². The maximum absolute atomic E-state index is 12.6. The minimum Gasteiger partial charge on any atom is -0.479 e. The van der Waals surface area contributed by atoms with E-state index < -0.39 is 36.8 Å². The van der Waals surface area contributed by atoms with Crippen molar-refractivity contribution in [1.29, 1.82) is 5.26 Å². The number of hydrogen-bond donors (Lipinski definition) is 2. The highest BCUT2D eigenvalue weighted by atomic mass is 16.5. The van der Waals surface area contributed by atoms with E-state index in [1.807, 2.05) is 6.07 Å². The van der Waals surface area contributed by atoms with Gasteiger partial charge in [0, 0.05) is 18.2 Å². The van der Waals surface area contributed by atoms with Crippen molar-refractivity contribution < 1.29 is 38.9 Å². The van der Waals surface area contributed by atoms with Gasteiger partial charge in [0.15, 0.2) is 30.5 Å². The van der Waals surface area contributed by atoms with Gasteiger partial charge in [0.05, 0.1) is 18.2 Å². The second kappa shape index (κ2) is 10.4. The van der Waals surface area contributed by atoms with Crippen molar-refractivity contribution in [3.8, 4) is 17.6 Å². The number of rotatable bonds is 10. The number of carboxylic acids is 2. The maximum atomic E-state index is 12.6. The quantitative estimate of drug-likeness (QED) is 0.537. The number of likely N-dealkylation sites (N-methyl/N-ethyl adjacent to an activating group) is 1. The predicted octanol–water partition coefficient (Wildman–Crippen LogP) is 1.44. The molecule has 10 nitrogen and oxygen atoms in total. The number of nitriles is 1. The molecule has 0 aliphatic heterocycles. The molecule has 2 N–H and O–H groups in total. The number of ether oxygens (including phenoxy) is 2. The molecule has 2 aromatic rings. The van der Waals surface area contributed by atoms with Gasteiger partial charge in [-0.2, -0.15) is 5.26 Å². The molecule has 0 unspecified atom stereocenters. The van der Waals surface area contributed by atoms with Crippen LogP contribution in [-0.2, 0) is 9.59 Å². The van der Waals surface area contributed by atoms with Crippen LogP contribution in [0.25, 0.3) is 0 Å². The first-order valence-corrected chi connectivity index (χ1v) is 8.83. The summed E-state index contributed by atoms with van der Waals surface area (Å²) in [4.78, 5) is 47.8. The van der Waals surface area contributed by atoms with Crippen molar-refractivity contribution in [2.45, 2.75) is 0 Å². The third-order valence-corrected chi connectivity index (χ3v) is 3.96. The number of nitrogens with zero attached hydrogens (tertiary/aromatic N) is 2. The average molecular weight is 426 g/mol. The second-order valence-corrected chi connectivity index (χ2v) is 6.30. The predicted molar refractivity (Wildman–Crippen MR) is 105 cm³/mol. The summed E-state index contributed by atoms with van der Waals surface area (Å²) >= 11 is 0. The molecule has 0 atom stereocenters. The van der Waals surface area contributed by atoms with Crippen LogP contribution in [-0.4, -0.2) is 65.5 Å². The normalized spacial score (nSPS) is 9.94. The number of ketones is 1. The van der Waals surface area contributed by atoms with E-state index in [1.54, 1.807) is 0 Å². The van der Waals surface area contributed by atoms with Gasteiger partial charge in [0.25, 0.3) is 5.91 Å². The van der Waals surface area contributed by atoms with E-state index >= 15 is 0 Å². The highest BCUT2D eigenvalue weighted by molar-refractivity contribution is 6.02. The molecule has 10 heteroatoms. The molecule has 0 aliphatic carbocycles. The van der Waals surface area contributed by atoms with Crippen LogP contribution in [0.5, 0.6) is 11.5 Å². The number of benzene rings is 2. The molecule has 0 radical (unpaired) electrons. The van der Waals surface area contributed by atoms with E-state index in [1.165, 1.54) is 54.4 Å². The first-order chi connectivity index (χ1) is 14.7. The smallest absolute Gasteiger partial charge is 0.341 e. The molecule has 0 heterocycles. The van der Waals surface area contributed by atoms with Crippen molar-refractivity contribution in [3.63, 3.8) is 0 Å². The van der Waals surface area contributed by atoms with Crippen molar-refractivity contribution >= 4 is 23.6 Å². The number of carbonyl (C=O) groups excluding carboxylic acids is 2. The topological polar surface area (TPSA) is 154 Å². The Morgan fingerprint density at radius 1 is 0.903 bits per heavy atom. The van der Waals surface area contributed by atoms with Crippen LogP contribution in [0.4, 0.5) is 0 Å². The number of Topliss-reactive ketones (excluding diaryl/α,β-unsaturated/α-hetero) is 1. The fourth-order valence-corrected chi connectivity index (χ4v) is 2.48. The van der Waals surface area contributed by atoms with Gasteiger partial charge in [-0.3, -0.25) is 9.59 Å². The van der Waals surface area contributed by atoms with Crippen LogP contribution in [0.2, 0.25) is 0 Å². The lowest BCUT2D eigenvalue weighted by molar-refractivity contribution is -0.140. The van der Waals surface area contributed by atoms with Gasteiger partial charge in [-0.1, -0.05) is 0 Å². The van der Waals surface area contributed by atoms with Gasteiger partial charge in [0.1, 0.15) is 0 Å². The third kappa shape index (κ3) is 6.57. The zero-order valence-corrected chi connectivity index (χ0v) is 16.4. The Hall–Kier alpha value is -4.39. The van der Waals surface area contributed by atoms with Crippen LogP contribution >= 0.6 is 0 Å². The Kier molecular flexibility index (Phi) is 7.68. The number of hydrogen-bond acceptors (Lipinski definition) is 7. The van der Waals surface area contributed by atoms with E-state index in [0.717, 1.165) is 0 Å². The summed E-state index contributed by atoms with van der Waals surface area (Å²) in [5.41, 5.74) is 0.814. The SMILES string of the molecule is CN(CC(=O)c1ccc(OCC(=O)O)c(OCC(=O)O)c1)C(=O)c1ccc(C#N)cc1. The first kappa shape index (κ1) is 22.9. The van der Waals surface area contributed by atoms with Crippen LogP contribution in [0, 0.1) is 11.3 Å². The molecular formula is C21H18N2O8. The molecule has 31 heavy (non-hydrogen) atoms. The molecule has 0 bridgehead atoms. The lowest BCUT2D eigenvalue weighted by Crippen LogP contribution is -2.32. The van der Waals surface area contributed by atoms with Gasteiger partial charge in [-0.05, 0) is 42.5 Å². The molecule has 160 valence electrons. The zero-order chi connectivity index (χ0) is 23.0. The van der Waals surface area contributed by atoms with E-state index in [0.29, 0.717) is 11.1 Å². The van der Waals surface area contributed by atoms with Gasteiger partial charge >= 0.3 is 11.9 Å². The summed E-state index contributed by atoms with van der Waals surface area (Å²) in [7, 11) is 1.44. The van der Waals surface area contributed by atoms with E-state index in [-0.39, 0.29) is 23.6 Å². The molecule has 1 amide bonds. The Labute approximate surface area is 176 Å². The van der Waals surface area contributed by atoms with Crippen molar-refractivity contribution in [2.75, 3.05) is 26.8 Å². The van der Waals surface area contributed by atoms with Crippen LogP contribution < -0.4 is 9.47 Å². The number of amides is 1. The molecule has 0 saturated carbocycles. The van der Waals surface area contributed by atoms with Gasteiger partial charge in [-0.15, -0.1) is 0 Å². The second-order valence-electron chi connectivity index (χ2n) is 6.30. The molecule has 0 spiro atoms. The molecule has 2 aromatic carbocycles. The highest BCUT2D eigenvalue weighted by Gasteiger charge is 2.18. The summed E-state index contributed by atoms with van der Waals surface area (Å²) < 4.78 is 10.1. The summed E-state index contributed by atoms with van der Waals surface area (Å²) in [5.74, 6) is -3.56. The standard InChI is InChI=1S/C21H18N2O8/c1-23(21(29)14-4-2-13(9-22)3-5-14)10-16(24)15-6-7-17(30-11-19(25)26)18(8-15)31-12-20(27)28/h2-8H,10-12H2,1H3,(H,25,26)(H,27,28). The van der Waals surface area contributed by atoms with Gasteiger partial charge < -0.3 is 24.6 Å². The summed E-state index contributed by atoms with van der Waals surface area (Å²) in [6, 6.07) is 11.8. The molecule has 0 aliphatic rings. The number of carboxylic acid groups (broad SMARTS) is 2. The molecular weight excluding hydrogens is 408 g/mol. The first-order valence-electron chi connectivity index (χ1n) is 8.83. The molecule has 0 aromatic heterocycles. The fraction of sp³-hybridized carbons (Fsp3) is 0.190. The summed E-state index contributed by atoms with van der Waals surface area (Å²) in [6.07, 6.45) is 0. The fourth-order valence-electron chi connectivity index (χ4n) is 2.48. The van der Waals surface area contributed by atoms with Crippen molar-refractivity contribution in [1.82, 2.24) is 4.90 Å². The van der Waals surface area contributed by atoms with Crippen LogP contribution in [0.1, 0.15) is 26.3 Å². The van der Waals surface area contributed by atoms with Gasteiger partial charge in [-0.25, -0.2) is 9.59 Å². The minimum atomic E-state index is -1.27. The Balaban J connectivity index is 2.15. The third-order valence-electron chi connectivity index (χ3n) is 3.96. The Morgan fingerprint density at radius 2 is 1.45 bits per heavy atom. The molecule has 0 fully saturated rings. The molecule has 0 saturated heterocycles. The number of aliphatic carboxylic acids is 2. The van der Waals surface area contributed by atoms with Gasteiger partial charge in [0.2, 0.25) is 0 Å². The summed E-state index contributed by atoms with van der Waals surface area (Å²) in [5, 5.41) is 26.4. The van der Waals surface area contributed by atoms with Crippen LogP contribution in [0.3, 0.4) is 0 Å². The minimum absolute atomic E-state index is 0.0396. The zero-order valence-electron chi connectivity index (χ0n) is 16.4. The Bertz CT molecular complexity index is 1040. The monoisotopic (exact) mass is 426 g/mol. The Morgan fingerprint density at radius 3 is 2.00 bits per heavy atom. The largest absolute Gasteiger partial charge is 0.479 e. The van der Waals surface area contributed by atoms with Crippen LogP contribution in [0.15, 0.2) is 42.5 Å². The van der Waals surface area contributed by atoms with Crippen molar-refractivity contribution in [3.05, 3.63) is 59.2 Å². The van der Waals surface area contributed by atoms with E-state index in [9.17, 15) is 19.2 Å². The average Bonchev–Trinajstić information content (AvgIpc) is 2.75. The maximum Gasteiger partial charge on any atom is 0.341 e.